The Kier molecular flexibility index (Phi) is 5.19. The molecule has 0 radical (unpaired) electrons. The molecule has 7 heteroatoms. The fourth-order valence-corrected chi connectivity index (χ4v) is 5.33. The second kappa shape index (κ2) is 8.52. The van der Waals surface area contributed by atoms with Crippen molar-refractivity contribution < 1.29 is 9.59 Å². The van der Waals surface area contributed by atoms with Crippen molar-refractivity contribution in [3.05, 3.63) is 107 Å². The summed E-state index contributed by atoms with van der Waals surface area (Å²) in [5, 5.41) is 6.44. The number of anilines is 1. The van der Waals surface area contributed by atoms with E-state index in [0.29, 0.717) is 17.2 Å². The van der Waals surface area contributed by atoms with Gasteiger partial charge in [-0.05, 0) is 58.8 Å². The first-order chi connectivity index (χ1) is 17.1. The number of fused-ring (bicyclic) bond motifs is 2. The van der Waals surface area contributed by atoms with E-state index >= 15 is 0 Å². The van der Waals surface area contributed by atoms with Crippen LogP contribution in [0, 0.1) is 6.92 Å². The van der Waals surface area contributed by atoms with E-state index in [-0.39, 0.29) is 11.8 Å². The van der Waals surface area contributed by atoms with Crippen LogP contribution in [0.5, 0.6) is 0 Å². The zero-order valence-electron chi connectivity index (χ0n) is 19.0. The van der Waals surface area contributed by atoms with Crippen molar-refractivity contribution in [2.24, 2.45) is 0 Å². The number of H-pyrrole nitrogens is 1. The average Bonchev–Trinajstić information content (AvgIpc) is 3.59. The number of carbonyl (C=O) groups excluding carboxylic acids is 2. The highest BCUT2D eigenvalue weighted by Crippen LogP contribution is 2.35. The van der Waals surface area contributed by atoms with Crippen LogP contribution >= 0.6 is 11.3 Å². The molecule has 35 heavy (non-hydrogen) atoms. The SMILES string of the molecule is Cc1csc(NC(=O)[C@@H](c2ccccc2)N2Cc3ccc(-c4ccc5[nH]ccc5c4)cc3C2=O)n1. The van der Waals surface area contributed by atoms with Crippen molar-refractivity contribution >= 4 is 39.2 Å². The van der Waals surface area contributed by atoms with Gasteiger partial charge in [0.15, 0.2) is 5.13 Å². The molecule has 6 nitrogen and oxygen atoms in total. The van der Waals surface area contributed by atoms with E-state index in [1.54, 1.807) is 4.90 Å². The molecular weight excluding hydrogens is 456 g/mol. The number of carbonyl (C=O) groups is 2. The molecule has 1 aliphatic heterocycles. The summed E-state index contributed by atoms with van der Waals surface area (Å²) in [4.78, 5) is 36.3. The average molecular weight is 479 g/mol. The summed E-state index contributed by atoms with van der Waals surface area (Å²) in [5.41, 5.74) is 6.25. The molecule has 0 saturated carbocycles. The van der Waals surface area contributed by atoms with E-state index < -0.39 is 6.04 Å². The predicted octanol–water partition coefficient (Wildman–Crippen LogP) is 5.94. The highest BCUT2D eigenvalue weighted by Gasteiger charge is 2.37. The smallest absolute Gasteiger partial charge is 0.255 e. The number of hydrogen-bond donors (Lipinski definition) is 2. The third-order valence-electron chi connectivity index (χ3n) is 6.35. The molecule has 0 aliphatic carbocycles. The molecule has 1 atom stereocenters. The number of rotatable bonds is 5. The highest BCUT2D eigenvalue weighted by molar-refractivity contribution is 7.13. The van der Waals surface area contributed by atoms with Gasteiger partial charge in [-0.15, -0.1) is 11.3 Å². The Morgan fingerprint density at radius 2 is 1.86 bits per heavy atom. The minimum absolute atomic E-state index is 0.149. The molecule has 2 amide bonds. The number of aryl methyl sites for hydroxylation is 1. The lowest BCUT2D eigenvalue weighted by molar-refractivity contribution is -0.120. The maximum Gasteiger partial charge on any atom is 0.255 e. The number of benzene rings is 3. The molecule has 2 aromatic heterocycles. The Labute approximate surface area is 206 Å². The molecular formula is C28H22N4O2S. The quantitative estimate of drug-likeness (QED) is 0.328. The Hall–Kier alpha value is -4.23. The topological polar surface area (TPSA) is 78.1 Å². The van der Waals surface area contributed by atoms with E-state index in [4.69, 9.17) is 0 Å². The first kappa shape index (κ1) is 21.3. The van der Waals surface area contributed by atoms with E-state index in [2.05, 4.69) is 21.4 Å². The van der Waals surface area contributed by atoms with Gasteiger partial charge in [0.2, 0.25) is 0 Å². The van der Waals surface area contributed by atoms with Crippen LogP contribution in [0.3, 0.4) is 0 Å². The number of aromatic nitrogens is 2. The number of aromatic amines is 1. The van der Waals surface area contributed by atoms with Crippen LogP contribution in [-0.2, 0) is 11.3 Å². The van der Waals surface area contributed by atoms with Crippen LogP contribution < -0.4 is 5.32 Å². The summed E-state index contributed by atoms with van der Waals surface area (Å²) in [6, 6.07) is 22.9. The lowest BCUT2D eigenvalue weighted by Crippen LogP contribution is -2.37. The molecule has 0 spiro atoms. The molecule has 1 aliphatic rings. The van der Waals surface area contributed by atoms with Crippen LogP contribution in [0.15, 0.2) is 84.4 Å². The van der Waals surface area contributed by atoms with Crippen LogP contribution in [-0.4, -0.2) is 26.7 Å². The van der Waals surface area contributed by atoms with E-state index in [1.807, 2.05) is 85.2 Å². The Balaban J connectivity index is 1.34. The second-order valence-corrected chi connectivity index (χ2v) is 9.54. The van der Waals surface area contributed by atoms with Crippen LogP contribution in [0.25, 0.3) is 22.0 Å². The zero-order chi connectivity index (χ0) is 23.9. The predicted molar refractivity (Wildman–Crippen MR) is 138 cm³/mol. The third kappa shape index (κ3) is 3.90. The van der Waals surface area contributed by atoms with Crippen LogP contribution in [0.1, 0.15) is 33.2 Å². The van der Waals surface area contributed by atoms with Crippen molar-refractivity contribution in [2.45, 2.75) is 19.5 Å². The first-order valence-corrected chi connectivity index (χ1v) is 12.2. The molecule has 0 unspecified atom stereocenters. The van der Waals surface area contributed by atoms with Gasteiger partial charge in [0.1, 0.15) is 6.04 Å². The number of nitrogens with zero attached hydrogens (tertiary/aromatic N) is 2. The van der Waals surface area contributed by atoms with Gasteiger partial charge in [-0.25, -0.2) is 4.98 Å². The minimum atomic E-state index is -0.764. The van der Waals surface area contributed by atoms with E-state index in [9.17, 15) is 9.59 Å². The summed E-state index contributed by atoms with van der Waals surface area (Å²) in [5.74, 6) is -0.422. The van der Waals surface area contributed by atoms with Crippen molar-refractivity contribution in [1.82, 2.24) is 14.9 Å². The number of amides is 2. The van der Waals surface area contributed by atoms with Crippen molar-refractivity contribution in [1.29, 1.82) is 0 Å². The Morgan fingerprint density at radius 1 is 1.06 bits per heavy atom. The number of hydrogen-bond acceptors (Lipinski definition) is 4. The normalized spacial score (nSPS) is 13.7. The molecule has 6 rings (SSSR count). The van der Waals surface area contributed by atoms with Crippen LogP contribution in [0.4, 0.5) is 5.13 Å². The van der Waals surface area contributed by atoms with Gasteiger partial charge in [-0.1, -0.05) is 48.5 Å². The number of thiazole rings is 1. The maximum atomic E-state index is 13.7. The maximum absolute atomic E-state index is 13.7. The monoisotopic (exact) mass is 478 g/mol. The van der Waals surface area contributed by atoms with Gasteiger partial charge < -0.3 is 9.88 Å². The summed E-state index contributed by atoms with van der Waals surface area (Å²) in [7, 11) is 0. The fourth-order valence-electron chi connectivity index (χ4n) is 4.64. The number of nitrogens with one attached hydrogen (secondary N) is 2. The lowest BCUT2D eigenvalue weighted by Gasteiger charge is -2.27. The standard InChI is InChI=1S/C28H22N4O2S/c1-17-16-35-28(30-17)31-26(33)25(18-5-3-2-4-6-18)32-15-22-8-7-20(14-23(22)27(32)34)19-9-10-24-21(13-19)11-12-29-24/h2-14,16,25,29H,15H2,1H3,(H,30,31,33)/t25-/m1/s1. The molecule has 0 saturated heterocycles. The van der Waals surface area contributed by atoms with Gasteiger partial charge in [0.25, 0.3) is 11.8 Å². The molecule has 5 aromatic rings. The van der Waals surface area contributed by atoms with Gasteiger partial charge >= 0.3 is 0 Å². The van der Waals surface area contributed by atoms with Crippen molar-refractivity contribution in [3.63, 3.8) is 0 Å². The third-order valence-corrected chi connectivity index (χ3v) is 7.23. The Bertz CT molecular complexity index is 1570. The van der Waals surface area contributed by atoms with Crippen molar-refractivity contribution in [2.75, 3.05) is 5.32 Å². The summed E-state index contributed by atoms with van der Waals surface area (Å²) in [6.07, 6.45) is 1.92. The molecule has 0 bridgehead atoms. The molecule has 3 heterocycles. The molecule has 3 aromatic carbocycles. The summed E-state index contributed by atoms with van der Waals surface area (Å²) in [6.45, 7) is 2.25. The van der Waals surface area contributed by atoms with Crippen LogP contribution in [0.2, 0.25) is 0 Å². The van der Waals surface area contributed by atoms with E-state index in [0.717, 1.165) is 38.9 Å². The fraction of sp³-hybridized carbons (Fsp3) is 0.107. The molecule has 172 valence electrons. The zero-order valence-corrected chi connectivity index (χ0v) is 19.8. The molecule has 0 fully saturated rings. The van der Waals surface area contributed by atoms with Gasteiger partial charge in [0, 0.05) is 29.2 Å². The Morgan fingerprint density at radius 3 is 2.66 bits per heavy atom. The van der Waals surface area contributed by atoms with Gasteiger partial charge in [-0.3, -0.25) is 14.9 Å². The summed E-state index contributed by atoms with van der Waals surface area (Å²) < 4.78 is 0. The minimum Gasteiger partial charge on any atom is -0.361 e. The van der Waals surface area contributed by atoms with Gasteiger partial charge in [0.05, 0.1) is 5.69 Å². The van der Waals surface area contributed by atoms with Gasteiger partial charge in [-0.2, -0.15) is 0 Å². The largest absolute Gasteiger partial charge is 0.361 e. The highest BCUT2D eigenvalue weighted by atomic mass is 32.1. The van der Waals surface area contributed by atoms with Crippen molar-refractivity contribution in [3.8, 4) is 11.1 Å². The molecule has 2 N–H and O–H groups in total. The van der Waals surface area contributed by atoms with E-state index in [1.165, 1.54) is 11.3 Å². The summed E-state index contributed by atoms with van der Waals surface area (Å²) >= 11 is 1.37. The lowest BCUT2D eigenvalue weighted by atomic mass is 9.99. The first-order valence-electron chi connectivity index (χ1n) is 11.4. The second-order valence-electron chi connectivity index (χ2n) is 8.68.